The number of anilines is 1. The maximum Gasteiger partial charge on any atom is 0.202 e. The van der Waals surface area contributed by atoms with Crippen molar-refractivity contribution in [3.8, 4) is 0 Å². The molecule has 4 heteroatoms. The first-order valence-electron chi connectivity index (χ1n) is 5.43. The fourth-order valence-corrected chi connectivity index (χ4v) is 2.19. The molecule has 78 valence electrons. The van der Waals surface area contributed by atoms with Crippen molar-refractivity contribution >= 4 is 16.7 Å². The number of rotatable bonds is 5. The Kier molecular flexibility index (Phi) is 3.01. The van der Waals surface area contributed by atoms with E-state index in [-0.39, 0.29) is 0 Å². The first-order valence-corrected chi connectivity index (χ1v) is 6.21. The molecule has 0 radical (unpaired) electrons. The Hall–Kier alpha value is -0.640. The van der Waals surface area contributed by atoms with E-state index in [2.05, 4.69) is 28.5 Å². The van der Waals surface area contributed by atoms with Crippen LogP contribution in [0.4, 0.5) is 5.13 Å². The highest BCUT2D eigenvalue weighted by Gasteiger charge is 2.27. The van der Waals surface area contributed by atoms with Crippen molar-refractivity contribution in [1.29, 1.82) is 0 Å². The Morgan fingerprint density at radius 2 is 2.14 bits per heavy atom. The Bertz CT molecular complexity index is 289. The molecule has 14 heavy (non-hydrogen) atoms. The zero-order chi connectivity index (χ0) is 9.97. The van der Waals surface area contributed by atoms with Gasteiger partial charge in [-0.05, 0) is 25.7 Å². The summed E-state index contributed by atoms with van der Waals surface area (Å²) < 4.78 is 4.37. The minimum absolute atomic E-state index is 0.551. The summed E-state index contributed by atoms with van der Waals surface area (Å²) in [5, 5.41) is 4.43. The molecule has 0 saturated heterocycles. The predicted octanol–water partition coefficient (Wildman–Crippen LogP) is 3.02. The Labute approximate surface area is 89.1 Å². The maximum atomic E-state index is 4.50. The van der Waals surface area contributed by atoms with Crippen LogP contribution in [0.1, 0.15) is 51.3 Å². The number of nitrogens with zero attached hydrogens (tertiary/aromatic N) is 2. The van der Waals surface area contributed by atoms with Crippen LogP contribution < -0.4 is 5.32 Å². The zero-order valence-corrected chi connectivity index (χ0v) is 9.60. The molecule has 1 aromatic rings. The molecule has 0 amide bonds. The van der Waals surface area contributed by atoms with Crippen molar-refractivity contribution < 1.29 is 0 Å². The van der Waals surface area contributed by atoms with Crippen molar-refractivity contribution in [2.24, 2.45) is 0 Å². The van der Waals surface area contributed by atoms with Gasteiger partial charge < -0.3 is 5.32 Å². The van der Waals surface area contributed by atoms with E-state index in [9.17, 15) is 0 Å². The lowest BCUT2D eigenvalue weighted by atomic mass is 10.2. The van der Waals surface area contributed by atoms with Crippen LogP contribution in [0.15, 0.2) is 0 Å². The second-order valence-electron chi connectivity index (χ2n) is 3.89. The van der Waals surface area contributed by atoms with Crippen LogP contribution in [-0.2, 0) is 0 Å². The SMILES string of the molecule is CCC(CC)Nc1nc(C2CC2)ns1. The monoisotopic (exact) mass is 211 g/mol. The Balaban J connectivity index is 1.94. The fraction of sp³-hybridized carbons (Fsp3) is 0.800. The van der Waals surface area contributed by atoms with Gasteiger partial charge in [0, 0.05) is 23.5 Å². The average Bonchev–Trinajstić information content (AvgIpc) is 2.96. The van der Waals surface area contributed by atoms with Gasteiger partial charge >= 0.3 is 0 Å². The van der Waals surface area contributed by atoms with E-state index in [4.69, 9.17) is 0 Å². The van der Waals surface area contributed by atoms with Gasteiger partial charge in [0.1, 0.15) is 5.82 Å². The van der Waals surface area contributed by atoms with E-state index in [1.165, 1.54) is 24.4 Å². The molecule has 1 heterocycles. The molecule has 2 rings (SSSR count). The van der Waals surface area contributed by atoms with Crippen LogP contribution in [0.5, 0.6) is 0 Å². The van der Waals surface area contributed by atoms with Crippen LogP contribution in [0.25, 0.3) is 0 Å². The van der Waals surface area contributed by atoms with Crippen molar-refractivity contribution in [2.75, 3.05) is 5.32 Å². The van der Waals surface area contributed by atoms with E-state index in [1.54, 1.807) is 0 Å². The van der Waals surface area contributed by atoms with Crippen LogP contribution >= 0.6 is 11.5 Å². The van der Waals surface area contributed by atoms with Gasteiger partial charge in [-0.15, -0.1) is 0 Å². The predicted molar refractivity (Wildman–Crippen MR) is 59.9 cm³/mol. The molecule has 1 N–H and O–H groups in total. The van der Waals surface area contributed by atoms with Crippen LogP contribution in [0.3, 0.4) is 0 Å². The van der Waals surface area contributed by atoms with Crippen molar-refractivity contribution in [2.45, 2.75) is 51.5 Å². The molecule has 0 aromatic carbocycles. The standard InChI is InChI=1S/C10H17N3S/c1-3-8(4-2)11-10-12-9(13-14-10)7-5-6-7/h7-8H,3-6H2,1-2H3,(H,11,12,13). The third-order valence-electron chi connectivity index (χ3n) is 2.70. The van der Waals surface area contributed by atoms with Gasteiger partial charge in [-0.2, -0.15) is 4.37 Å². The highest BCUT2D eigenvalue weighted by atomic mass is 32.1. The van der Waals surface area contributed by atoms with Gasteiger partial charge in [0.15, 0.2) is 0 Å². The highest BCUT2D eigenvalue weighted by Crippen LogP contribution is 2.39. The van der Waals surface area contributed by atoms with E-state index >= 15 is 0 Å². The topological polar surface area (TPSA) is 37.8 Å². The summed E-state index contributed by atoms with van der Waals surface area (Å²) in [7, 11) is 0. The molecule has 3 nitrogen and oxygen atoms in total. The van der Waals surface area contributed by atoms with E-state index < -0.39 is 0 Å². The van der Waals surface area contributed by atoms with E-state index in [0.29, 0.717) is 12.0 Å². The second-order valence-corrected chi connectivity index (χ2v) is 4.64. The highest BCUT2D eigenvalue weighted by molar-refractivity contribution is 7.09. The van der Waals surface area contributed by atoms with E-state index in [0.717, 1.165) is 23.8 Å². The first kappa shape index (κ1) is 9.90. The molecular weight excluding hydrogens is 194 g/mol. The minimum Gasteiger partial charge on any atom is -0.358 e. The molecule has 1 aromatic heterocycles. The summed E-state index contributed by atoms with van der Waals surface area (Å²) in [6.07, 6.45) is 4.85. The summed E-state index contributed by atoms with van der Waals surface area (Å²) in [5.74, 6) is 1.73. The van der Waals surface area contributed by atoms with Crippen molar-refractivity contribution in [1.82, 2.24) is 9.36 Å². The van der Waals surface area contributed by atoms with Gasteiger partial charge in [-0.25, -0.2) is 4.98 Å². The number of hydrogen-bond donors (Lipinski definition) is 1. The quantitative estimate of drug-likeness (QED) is 0.813. The Morgan fingerprint density at radius 3 is 2.71 bits per heavy atom. The molecule has 1 saturated carbocycles. The lowest BCUT2D eigenvalue weighted by Gasteiger charge is -2.12. The summed E-state index contributed by atoms with van der Waals surface area (Å²) in [5.41, 5.74) is 0. The summed E-state index contributed by atoms with van der Waals surface area (Å²) >= 11 is 1.50. The molecule has 1 aliphatic rings. The molecule has 1 aliphatic carbocycles. The summed E-state index contributed by atoms with van der Waals surface area (Å²) in [6, 6.07) is 0.551. The third kappa shape index (κ3) is 2.23. The van der Waals surface area contributed by atoms with Gasteiger partial charge in [-0.3, -0.25) is 0 Å². The molecule has 0 bridgehead atoms. The largest absolute Gasteiger partial charge is 0.358 e. The van der Waals surface area contributed by atoms with Crippen LogP contribution in [0, 0.1) is 0 Å². The maximum absolute atomic E-state index is 4.50. The molecule has 0 aliphatic heterocycles. The Morgan fingerprint density at radius 1 is 1.43 bits per heavy atom. The summed E-state index contributed by atoms with van der Waals surface area (Å²) in [4.78, 5) is 4.50. The molecule has 0 atom stereocenters. The molecular formula is C10H17N3S. The summed E-state index contributed by atoms with van der Waals surface area (Å²) in [6.45, 7) is 4.40. The smallest absolute Gasteiger partial charge is 0.202 e. The van der Waals surface area contributed by atoms with E-state index in [1.807, 2.05) is 0 Å². The van der Waals surface area contributed by atoms with Gasteiger partial charge in [-0.1, -0.05) is 13.8 Å². The van der Waals surface area contributed by atoms with Crippen molar-refractivity contribution in [3.63, 3.8) is 0 Å². The van der Waals surface area contributed by atoms with Crippen LogP contribution in [0.2, 0.25) is 0 Å². The normalized spacial score (nSPS) is 16.2. The molecule has 1 fully saturated rings. The number of aromatic nitrogens is 2. The minimum atomic E-state index is 0.551. The lowest BCUT2D eigenvalue weighted by molar-refractivity contribution is 0.670. The first-order chi connectivity index (χ1) is 6.83. The van der Waals surface area contributed by atoms with Crippen molar-refractivity contribution in [3.05, 3.63) is 5.82 Å². The molecule has 0 spiro atoms. The van der Waals surface area contributed by atoms with Crippen LogP contribution in [-0.4, -0.2) is 15.4 Å². The third-order valence-corrected chi connectivity index (χ3v) is 3.36. The van der Waals surface area contributed by atoms with Gasteiger partial charge in [0.2, 0.25) is 5.13 Å². The lowest BCUT2D eigenvalue weighted by Crippen LogP contribution is -2.16. The fourth-order valence-electron chi connectivity index (χ4n) is 1.47. The number of hydrogen-bond acceptors (Lipinski definition) is 4. The van der Waals surface area contributed by atoms with Gasteiger partial charge in [0.25, 0.3) is 0 Å². The molecule has 0 unspecified atom stereocenters. The average molecular weight is 211 g/mol. The zero-order valence-electron chi connectivity index (χ0n) is 8.79. The van der Waals surface area contributed by atoms with Gasteiger partial charge in [0.05, 0.1) is 0 Å². The number of nitrogens with one attached hydrogen (secondary N) is 1. The second kappa shape index (κ2) is 4.26.